The molecule has 0 bridgehead atoms. The van der Waals surface area contributed by atoms with Gasteiger partial charge in [0.2, 0.25) is 0 Å². The van der Waals surface area contributed by atoms with E-state index in [9.17, 15) is 13.6 Å². The predicted molar refractivity (Wildman–Crippen MR) is 71.5 cm³/mol. The first-order valence-corrected chi connectivity index (χ1v) is 5.94. The van der Waals surface area contributed by atoms with Gasteiger partial charge in [-0.25, -0.2) is 8.78 Å². The van der Waals surface area contributed by atoms with Crippen LogP contribution in [0.15, 0.2) is 42.5 Å². The molecule has 0 fully saturated rings. The molecule has 1 N–H and O–H groups in total. The van der Waals surface area contributed by atoms with Crippen molar-refractivity contribution in [3.05, 3.63) is 65.2 Å². The Morgan fingerprint density at radius 2 is 2.00 bits per heavy atom. The van der Waals surface area contributed by atoms with E-state index in [1.165, 1.54) is 6.07 Å². The van der Waals surface area contributed by atoms with Gasteiger partial charge in [-0.1, -0.05) is 12.1 Å². The van der Waals surface area contributed by atoms with Crippen LogP contribution in [0, 0.1) is 11.6 Å². The maximum atomic E-state index is 13.5. The van der Waals surface area contributed by atoms with Crippen molar-refractivity contribution < 1.29 is 18.3 Å². The van der Waals surface area contributed by atoms with Gasteiger partial charge in [0.1, 0.15) is 11.6 Å². The van der Waals surface area contributed by atoms with Gasteiger partial charge in [-0.3, -0.25) is 4.79 Å². The number of ether oxygens (including phenoxy) is 1. The van der Waals surface area contributed by atoms with Gasteiger partial charge < -0.3 is 10.1 Å². The Balaban J connectivity index is 2.17. The molecule has 20 heavy (non-hydrogen) atoms. The van der Waals surface area contributed by atoms with Crippen LogP contribution in [0.4, 0.5) is 14.5 Å². The minimum atomic E-state index is -0.814. The molecule has 0 unspecified atom stereocenters. The van der Waals surface area contributed by atoms with Crippen molar-refractivity contribution in [3.8, 4) is 0 Å². The third kappa shape index (κ3) is 3.39. The lowest BCUT2D eigenvalue weighted by Gasteiger charge is -2.07. The predicted octanol–water partition coefficient (Wildman–Crippen LogP) is 3.36. The molecule has 2 rings (SSSR count). The lowest BCUT2D eigenvalue weighted by atomic mass is 10.1. The highest BCUT2D eigenvalue weighted by molar-refractivity contribution is 6.04. The Kier molecular flexibility index (Phi) is 4.42. The molecule has 0 aliphatic heterocycles. The summed E-state index contributed by atoms with van der Waals surface area (Å²) in [6.07, 6.45) is 0. The Morgan fingerprint density at radius 1 is 1.20 bits per heavy atom. The van der Waals surface area contributed by atoms with E-state index in [-0.39, 0.29) is 5.69 Å². The van der Waals surface area contributed by atoms with Crippen molar-refractivity contribution in [3.63, 3.8) is 0 Å². The van der Waals surface area contributed by atoms with Crippen LogP contribution in [0.2, 0.25) is 0 Å². The zero-order valence-electron chi connectivity index (χ0n) is 10.8. The Morgan fingerprint density at radius 3 is 2.70 bits per heavy atom. The maximum Gasteiger partial charge on any atom is 0.255 e. The fourth-order valence-corrected chi connectivity index (χ4v) is 1.75. The minimum absolute atomic E-state index is 0.0615. The Labute approximate surface area is 115 Å². The van der Waals surface area contributed by atoms with Crippen LogP contribution in [-0.2, 0) is 11.3 Å². The summed E-state index contributed by atoms with van der Waals surface area (Å²) in [4.78, 5) is 12.0. The summed E-state index contributed by atoms with van der Waals surface area (Å²) >= 11 is 0. The van der Waals surface area contributed by atoms with Crippen LogP contribution in [0.25, 0.3) is 0 Å². The van der Waals surface area contributed by atoms with Crippen molar-refractivity contribution in [2.24, 2.45) is 0 Å². The summed E-state index contributed by atoms with van der Waals surface area (Å²) in [5, 5.41) is 2.40. The van der Waals surface area contributed by atoms with Crippen LogP contribution < -0.4 is 5.32 Å². The van der Waals surface area contributed by atoms with Gasteiger partial charge in [-0.15, -0.1) is 0 Å². The number of benzene rings is 2. The summed E-state index contributed by atoms with van der Waals surface area (Å²) in [6, 6.07) is 9.78. The van der Waals surface area contributed by atoms with Gasteiger partial charge in [0.15, 0.2) is 0 Å². The van der Waals surface area contributed by atoms with Crippen LogP contribution >= 0.6 is 0 Å². The van der Waals surface area contributed by atoms with E-state index in [0.717, 1.165) is 17.7 Å². The third-order valence-corrected chi connectivity index (χ3v) is 2.68. The number of methoxy groups -OCH3 is 1. The lowest BCUT2D eigenvalue weighted by molar-refractivity contribution is 0.102. The second-order valence-electron chi connectivity index (χ2n) is 4.21. The van der Waals surface area contributed by atoms with Crippen molar-refractivity contribution in [2.75, 3.05) is 12.4 Å². The fourth-order valence-electron chi connectivity index (χ4n) is 1.75. The van der Waals surface area contributed by atoms with Crippen molar-refractivity contribution in [1.29, 1.82) is 0 Å². The summed E-state index contributed by atoms with van der Waals surface area (Å²) in [5.74, 6) is -1.97. The molecule has 0 aromatic heterocycles. The number of carbonyl (C=O) groups excluding carboxylic acids is 1. The second-order valence-corrected chi connectivity index (χ2v) is 4.21. The van der Waals surface area contributed by atoms with E-state index in [0.29, 0.717) is 12.2 Å². The summed E-state index contributed by atoms with van der Waals surface area (Å²) < 4.78 is 31.2. The summed E-state index contributed by atoms with van der Waals surface area (Å²) in [5.41, 5.74) is 1.15. The Hall–Kier alpha value is -2.27. The van der Waals surface area contributed by atoms with E-state index < -0.39 is 17.5 Å². The van der Waals surface area contributed by atoms with E-state index in [1.54, 1.807) is 25.3 Å². The van der Waals surface area contributed by atoms with Crippen molar-refractivity contribution in [2.45, 2.75) is 6.61 Å². The number of nitrogens with one attached hydrogen (secondary N) is 1. The van der Waals surface area contributed by atoms with Gasteiger partial charge >= 0.3 is 0 Å². The minimum Gasteiger partial charge on any atom is -0.380 e. The molecule has 0 saturated heterocycles. The first kappa shape index (κ1) is 14.1. The molecular formula is C15H13F2NO2. The second kappa shape index (κ2) is 6.25. The molecule has 0 aliphatic rings. The zero-order valence-corrected chi connectivity index (χ0v) is 10.8. The van der Waals surface area contributed by atoms with E-state index >= 15 is 0 Å². The largest absolute Gasteiger partial charge is 0.380 e. The topological polar surface area (TPSA) is 38.3 Å². The molecular weight excluding hydrogens is 264 g/mol. The number of amides is 1. The number of hydrogen-bond acceptors (Lipinski definition) is 2. The quantitative estimate of drug-likeness (QED) is 0.930. The zero-order chi connectivity index (χ0) is 14.5. The molecule has 1 amide bonds. The molecule has 0 saturated carbocycles. The number of anilines is 1. The highest BCUT2D eigenvalue weighted by Crippen LogP contribution is 2.16. The monoisotopic (exact) mass is 277 g/mol. The van der Waals surface area contributed by atoms with Gasteiger partial charge in [0, 0.05) is 18.7 Å². The van der Waals surface area contributed by atoms with E-state index in [2.05, 4.69) is 5.32 Å². The normalized spacial score (nSPS) is 10.3. The van der Waals surface area contributed by atoms with Gasteiger partial charge in [0.25, 0.3) is 5.91 Å². The highest BCUT2D eigenvalue weighted by atomic mass is 19.1. The van der Waals surface area contributed by atoms with Gasteiger partial charge in [0.05, 0.1) is 12.3 Å². The van der Waals surface area contributed by atoms with Crippen LogP contribution in [0.5, 0.6) is 0 Å². The van der Waals surface area contributed by atoms with Crippen molar-refractivity contribution in [1.82, 2.24) is 0 Å². The molecule has 0 spiro atoms. The van der Waals surface area contributed by atoms with E-state index in [4.69, 9.17) is 4.74 Å². The molecule has 0 heterocycles. The lowest BCUT2D eigenvalue weighted by Crippen LogP contribution is -2.13. The third-order valence-electron chi connectivity index (χ3n) is 2.68. The molecule has 0 aliphatic carbocycles. The van der Waals surface area contributed by atoms with Crippen LogP contribution in [-0.4, -0.2) is 13.0 Å². The number of halogens is 2. The van der Waals surface area contributed by atoms with Gasteiger partial charge in [-0.2, -0.15) is 0 Å². The number of hydrogen-bond donors (Lipinski definition) is 1. The molecule has 3 nitrogen and oxygen atoms in total. The smallest absolute Gasteiger partial charge is 0.255 e. The molecule has 5 heteroatoms. The highest BCUT2D eigenvalue weighted by Gasteiger charge is 2.10. The number of carbonyl (C=O) groups is 1. The molecule has 0 radical (unpaired) electrons. The van der Waals surface area contributed by atoms with Crippen LogP contribution in [0.1, 0.15) is 15.9 Å². The molecule has 2 aromatic rings. The average Bonchev–Trinajstić information content (AvgIpc) is 2.42. The van der Waals surface area contributed by atoms with Crippen LogP contribution in [0.3, 0.4) is 0 Å². The Bertz CT molecular complexity index is 629. The summed E-state index contributed by atoms with van der Waals surface area (Å²) in [7, 11) is 1.56. The number of rotatable bonds is 4. The molecule has 104 valence electrons. The first-order valence-electron chi connectivity index (χ1n) is 5.94. The molecule has 0 atom stereocenters. The average molecular weight is 277 g/mol. The SMILES string of the molecule is COCc1cccc(C(=O)Nc2ccc(F)cc2F)c1. The molecule has 2 aromatic carbocycles. The van der Waals surface area contributed by atoms with Crippen molar-refractivity contribution >= 4 is 11.6 Å². The maximum absolute atomic E-state index is 13.5. The first-order chi connectivity index (χ1) is 9.60. The van der Waals surface area contributed by atoms with E-state index in [1.807, 2.05) is 6.07 Å². The fraction of sp³-hybridized carbons (Fsp3) is 0.133. The summed E-state index contributed by atoms with van der Waals surface area (Å²) in [6.45, 7) is 0.381. The standard InChI is InChI=1S/C15H13F2NO2/c1-20-9-10-3-2-4-11(7-10)15(19)18-14-6-5-12(16)8-13(14)17/h2-8H,9H2,1H3,(H,18,19). The van der Waals surface area contributed by atoms with Gasteiger partial charge in [-0.05, 0) is 29.8 Å².